The summed E-state index contributed by atoms with van der Waals surface area (Å²) in [6.07, 6.45) is 0. The summed E-state index contributed by atoms with van der Waals surface area (Å²) in [5.74, 6) is 0. The number of rotatable bonds is 0. The zero-order valence-corrected chi connectivity index (χ0v) is 4.17. The van der Waals surface area contributed by atoms with E-state index in [1.807, 2.05) is 0 Å². The van der Waals surface area contributed by atoms with Crippen LogP contribution in [0.3, 0.4) is 0 Å². The molecule has 1 nitrogen and oxygen atoms in total. The van der Waals surface area contributed by atoms with Gasteiger partial charge in [-0.3, -0.25) is 0 Å². The molecule has 0 amide bonds. The third-order valence-electron chi connectivity index (χ3n) is 0. The quantitative estimate of drug-likeness (QED) is 0.347. The number of hydrogen-bond donors (Lipinski definition) is 1. The SMILES string of the molecule is N.[KH].[Mg].[P]. The molecule has 0 bridgehead atoms. The summed E-state index contributed by atoms with van der Waals surface area (Å²) in [4.78, 5) is 0. The average Bonchev–Trinajstić information content (AvgIpc) is 0. The molecular formula is H4KMgNP. The van der Waals surface area contributed by atoms with Crippen molar-refractivity contribution in [1.82, 2.24) is 6.15 Å². The van der Waals surface area contributed by atoms with Gasteiger partial charge in [-0.15, -0.1) is 0 Å². The Morgan fingerprint density at radius 3 is 1.00 bits per heavy atom. The Morgan fingerprint density at radius 2 is 1.00 bits per heavy atom. The molecule has 0 atom stereocenters. The van der Waals surface area contributed by atoms with Gasteiger partial charge < -0.3 is 6.15 Å². The maximum Gasteiger partial charge on any atom is 0 e. The third kappa shape index (κ3) is 8.84. The van der Waals surface area contributed by atoms with Crippen molar-refractivity contribution in [2.45, 2.75) is 0 Å². The Bertz CT molecular complexity index is 8.00. The first kappa shape index (κ1) is 29.2. The molecule has 0 rings (SSSR count). The number of hydrogen-bond acceptors (Lipinski definition) is 1. The summed E-state index contributed by atoms with van der Waals surface area (Å²) in [5.41, 5.74) is 0. The van der Waals surface area contributed by atoms with E-state index >= 15 is 0 Å². The van der Waals surface area contributed by atoms with E-state index < -0.39 is 0 Å². The van der Waals surface area contributed by atoms with Crippen molar-refractivity contribution >= 4 is 84.3 Å². The van der Waals surface area contributed by atoms with E-state index in [0.717, 1.165) is 0 Å². The molecule has 0 aliphatic heterocycles. The van der Waals surface area contributed by atoms with Crippen LogP contribution in [-0.2, 0) is 0 Å². The largest absolute Gasteiger partial charge is 0 e. The van der Waals surface area contributed by atoms with Crippen LogP contribution in [0.1, 0.15) is 0 Å². The van der Waals surface area contributed by atoms with Crippen molar-refractivity contribution < 1.29 is 0 Å². The van der Waals surface area contributed by atoms with Gasteiger partial charge in [0.25, 0.3) is 0 Å². The second kappa shape index (κ2) is 17.1. The molecule has 0 aromatic carbocycles. The second-order valence-electron chi connectivity index (χ2n) is 0. The topological polar surface area (TPSA) is 35.0 Å². The maximum atomic E-state index is 0. The third-order valence-corrected chi connectivity index (χ3v) is 0. The standard InChI is InChI=1S/K.Mg.H3N.P.H/h;;1H3;;. The molecule has 0 spiro atoms. The fraction of sp³-hybridized carbons (Fsp3) is 0. The van der Waals surface area contributed by atoms with Gasteiger partial charge in [-0.25, -0.2) is 0 Å². The van der Waals surface area contributed by atoms with Gasteiger partial charge in [0.05, 0.1) is 0 Å². The van der Waals surface area contributed by atoms with Crippen LogP contribution in [0, 0.1) is 0 Å². The van der Waals surface area contributed by atoms with E-state index in [1.165, 1.54) is 0 Å². The van der Waals surface area contributed by atoms with Crippen LogP contribution in [0.4, 0.5) is 0 Å². The summed E-state index contributed by atoms with van der Waals surface area (Å²) in [7, 11) is 0. The minimum atomic E-state index is 0. The Kier molecular flexibility index (Phi) is 125. The zero-order chi connectivity index (χ0) is 0. The predicted molar refractivity (Wildman–Crippen MR) is 24.8 cm³/mol. The van der Waals surface area contributed by atoms with E-state index in [0.29, 0.717) is 0 Å². The first-order chi connectivity index (χ1) is 0. The molecule has 0 aromatic heterocycles. The fourth-order valence-electron chi connectivity index (χ4n) is 0. The van der Waals surface area contributed by atoms with Crippen molar-refractivity contribution in [2.24, 2.45) is 0 Å². The van der Waals surface area contributed by atoms with Gasteiger partial charge in [-0.2, -0.15) is 0 Å². The van der Waals surface area contributed by atoms with Gasteiger partial charge in [-0.05, 0) is 0 Å². The van der Waals surface area contributed by atoms with Crippen LogP contribution in [0.15, 0.2) is 0 Å². The van der Waals surface area contributed by atoms with Crippen molar-refractivity contribution in [3.8, 4) is 0 Å². The van der Waals surface area contributed by atoms with E-state index in [-0.39, 0.29) is 90.5 Å². The zero-order valence-electron chi connectivity index (χ0n) is 1.86. The molecule has 17 valence electrons. The van der Waals surface area contributed by atoms with Crippen molar-refractivity contribution in [3.63, 3.8) is 0 Å². The van der Waals surface area contributed by atoms with Gasteiger partial charge >= 0.3 is 51.4 Å². The van der Waals surface area contributed by atoms with E-state index in [1.54, 1.807) is 0 Å². The first-order valence-corrected chi connectivity index (χ1v) is 0. The van der Waals surface area contributed by atoms with Crippen molar-refractivity contribution in [2.75, 3.05) is 0 Å². The molecule has 0 aliphatic rings. The molecule has 0 fully saturated rings. The molecule has 0 aromatic rings. The molecule has 0 heterocycles. The molecule has 0 unspecified atom stereocenters. The molecule has 4 heavy (non-hydrogen) atoms. The first-order valence-electron chi connectivity index (χ1n) is 0. The molecule has 5 radical (unpaired) electrons. The molecule has 4 heteroatoms. The van der Waals surface area contributed by atoms with Crippen molar-refractivity contribution in [3.05, 3.63) is 0 Å². The average molecular weight is 112 g/mol. The summed E-state index contributed by atoms with van der Waals surface area (Å²) in [6.45, 7) is 0. The van der Waals surface area contributed by atoms with Crippen LogP contribution in [0.5, 0.6) is 0 Å². The molecule has 0 saturated carbocycles. The van der Waals surface area contributed by atoms with Crippen LogP contribution in [-0.4, -0.2) is 74.4 Å². The van der Waals surface area contributed by atoms with Crippen LogP contribution in [0.25, 0.3) is 0 Å². The Morgan fingerprint density at radius 1 is 1.00 bits per heavy atom. The summed E-state index contributed by atoms with van der Waals surface area (Å²) in [5, 5.41) is 0. The smallest absolute Gasteiger partial charge is 0 e. The van der Waals surface area contributed by atoms with E-state index in [2.05, 4.69) is 0 Å². The van der Waals surface area contributed by atoms with Crippen LogP contribution < -0.4 is 6.15 Å². The Labute approximate surface area is 88.4 Å². The molecule has 0 aliphatic carbocycles. The Balaban J connectivity index is 0. The predicted octanol–water partition coefficient (Wildman–Crippen LogP) is -0.00610. The van der Waals surface area contributed by atoms with Gasteiger partial charge in [0.15, 0.2) is 0 Å². The normalized spacial score (nSPS) is 0. The fourth-order valence-corrected chi connectivity index (χ4v) is 0. The molecule has 0 saturated heterocycles. The van der Waals surface area contributed by atoms with E-state index in [4.69, 9.17) is 0 Å². The van der Waals surface area contributed by atoms with E-state index in [9.17, 15) is 0 Å². The van der Waals surface area contributed by atoms with Crippen LogP contribution in [0.2, 0.25) is 0 Å². The minimum absolute atomic E-state index is 0. The minimum Gasteiger partial charge on any atom is 0 e. The van der Waals surface area contributed by atoms with Gasteiger partial charge in [0.2, 0.25) is 0 Å². The van der Waals surface area contributed by atoms with Crippen LogP contribution >= 0.6 is 9.90 Å². The van der Waals surface area contributed by atoms with Crippen molar-refractivity contribution in [1.29, 1.82) is 0 Å². The maximum absolute atomic E-state index is 0. The van der Waals surface area contributed by atoms with Gasteiger partial charge in [0, 0.05) is 33.0 Å². The molecule has 3 N–H and O–H groups in total. The second-order valence-corrected chi connectivity index (χ2v) is 0. The monoisotopic (exact) mass is 112 g/mol. The summed E-state index contributed by atoms with van der Waals surface area (Å²) in [6, 6.07) is 0. The van der Waals surface area contributed by atoms with Gasteiger partial charge in [-0.1, -0.05) is 0 Å². The van der Waals surface area contributed by atoms with Gasteiger partial charge in [0.1, 0.15) is 0 Å². The summed E-state index contributed by atoms with van der Waals surface area (Å²) < 4.78 is 0. The summed E-state index contributed by atoms with van der Waals surface area (Å²) >= 11 is 0. The molecular weight excluding hydrogens is 108 g/mol. The Hall–Kier alpha value is 2.79.